The molecule has 2 aromatic heterocycles. The third kappa shape index (κ3) is 6.62. The number of rotatable bonds is 3. The number of aromatic nitrogens is 4. The van der Waals surface area contributed by atoms with Crippen LogP contribution in [0.3, 0.4) is 0 Å². The number of nitrogens with zero attached hydrogens (tertiary/aromatic N) is 5. The van der Waals surface area contributed by atoms with Gasteiger partial charge in [-0.05, 0) is 75.8 Å². The second kappa shape index (κ2) is 11.4. The fourth-order valence-electron chi connectivity index (χ4n) is 5.42. The molecule has 0 saturated heterocycles. The number of benzene rings is 2. The first kappa shape index (κ1) is 31.2. The van der Waals surface area contributed by atoms with Gasteiger partial charge in [-0.15, -0.1) is 0 Å². The van der Waals surface area contributed by atoms with E-state index in [2.05, 4.69) is 40.6 Å². The van der Waals surface area contributed by atoms with Crippen LogP contribution in [0.25, 0.3) is 11.3 Å². The lowest BCUT2D eigenvalue weighted by atomic mass is 9.87. The zero-order chi connectivity index (χ0) is 32.0. The van der Waals surface area contributed by atoms with E-state index in [1.807, 2.05) is 63.7 Å². The summed E-state index contributed by atoms with van der Waals surface area (Å²) in [6.45, 7) is 16.5. The van der Waals surface area contributed by atoms with Gasteiger partial charge in [-0.1, -0.05) is 45.0 Å². The predicted molar refractivity (Wildman–Crippen MR) is 172 cm³/mol. The summed E-state index contributed by atoms with van der Waals surface area (Å²) >= 11 is 0. The smallest absolute Gasteiger partial charge is 0.264 e. The van der Waals surface area contributed by atoms with E-state index < -0.39 is 16.1 Å². The minimum Gasteiger partial charge on any atom is -0.475 e. The van der Waals surface area contributed by atoms with Gasteiger partial charge in [0.05, 0.1) is 34.1 Å². The molecule has 1 N–H and O–H groups in total. The molecule has 11 heteroatoms. The molecule has 3 heterocycles. The Morgan fingerprint density at radius 2 is 1.66 bits per heavy atom. The summed E-state index contributed by atoms with van der Waals surface area (Å²) in [5.41, 5.74) is 3.65. The number of amides is 1. The summed E-state index contributed by atoms with van der Waals surface area (Å²) in [7, 11) is -4.16. The van der Waals surface area contributed by atoms with Crippen molar-refractivity contribution < 1.29 is 17.9 Å². The zero-order valence-electron chi connectivity index (χ0n) is 26.5. The Hall–Kier alpha value is -4.25. The summed E-state index contributed by atoms with van der Waals surface area (Å²) in [5.74, 6) is -0.286. The van der Waals surface area contributed by atoms with Crippen LogP contribution in [0.15, 0.2) is 65.8 Å². The normalized spacial score (nSPS) is 17.1. The molecule has 0 radical (unpaired) electrons. The summed E-state index contributed by atoms with van der Waals surface area (Å²) in [5, 5.41) is 4.56. The molecule has 2 aromatic carbocycles. The largest absolute Gasteiger partial charge is 0.475 e. The number of ether oxygens (including phenoxy) is 1. The number of nitrogens with one attached hydrogen (secondary N) is 1. The summed E-state index contributed by atoms with van der Waals surface area (Å²) in [6.07, 6.45) is 4.09. The molecule has 0 unspecified atom stereocenters. The lowest BCUT2D eigenvalue weighted by molar-refractivity contribution is 0.0955. The molecule has 232 valence electrons. The third-order valence-corrected chi connectivity index (χ3v) is 8.77. The monoisotopic (exact) mass is 616 g/mol. The number of aryl methyl sites for hydroxylation is 2. The van der Waals surface area contributed by atoms with E-state index in [0.29, 0.717) is 17.8 Å². The predicted octanol–water partition coefficient (Wildman–Crippen LogP) is 6.36. The molecule has 0 aliphatic carbocycles. The second-order valence-electron chi connectivity index (χ2n) is 13.5. The van der Waals surface area contributed by atoms with E-state index in [0.717, 1.165) is 16.7 Å². The molecule has 0 saturated carbocycles. The number of carbonyl (C=O) groups excluding carboxylic acids is 1. The van der Waals surface area contributed by atoms with Crippen molar-refractivity contribution in [3.63, 3.8) is 0 Å². The van der Waals surface area contributed by atoms with Gasteiger partial charge in [0.2, 0.25) is 11.8 Å². The van der Waals surface area contributed by atoms with Crippen LogP contribution in [-0.4, -0.2) is 46.7 Å². The standard InChI is InChI=1S/C33H40N6O4S/c1-21-11-9-12-22(2)29(21)27-16-28-36-31(35-27)37-44(41,42)26-14-10-13-23(15-26)30(40)39(24(20-43-28)17-32(3,4)5)25-18-34-38(19-25)33(6,7)8/h9-16,18-19,24H,17,20H2,1-8H3,(H,35,36,37)/t24-/m1/s1. The number of hydrogen-bond acceptors (Lipinski definition) is 7. The topological polar surface area (TPSA) is 119 Å². The number of sulfonamides is 1. The van der Waals surface area contributed by atoms with Gasteiger partial charge in [0.25, 0.3) is 15.9 Å². The van der Waals surface area contributed by atoms with Crippen LogP contribution in [0, 0.1) is 19.3 Å². The van der Waals surface area contributed by atoms with Crippen molar-refractivity contribution in [3.8, 4) is 17.1 Å². The number of anilines is 2. The maximum absolute atomic E-state index is 14.4. The first-order valence-electron chi connectivity index (χ1n) is 14.6. The van der Waals surface area contributed by atoms with Gasteiger partial charge in [-0.25, -0.2) is 18.1 Å². The average Bonchev–Trinajstić information content (AvgIpc) is 3.41. The Morgan fingerprint density at radius 3 is 2.30 bits per heavy atom. The summed E-state index contributed by atoms with van der Waals surface area (Å²) in [6, 6.07) is 13.2. The molecule has 1 aliphatic heterocycles. The van der Waals surface area contributed by atoms with Crippen molar-refractivity contribution in [1.29, 1.82) is 0 Å². The molecule has 1 aliphatic rings. The molecule has 4 aromatic rings. The second-order valence-corrected chi connectivity index (χ2v) is 15.2. The van der Waals surface area contributed by atoms with E-state index in [1.54, 1.807) is 29.3 Å². The van der Waals surface area contributed by atoms with Crippen molar-refractivity contribution in [3.05, 3.63) is 77.6 Å². The minimum atomic E-state index is -4.16. The number of fused-ring (bicyclic) bond motifs is 4. The van der Waals surface area contributed by atoms with Crippen LogP contribution in [0.4, 0.5) is 11.6 Å². The quantitative estimate of drug-likeness (QED) is 0.285. The van der Waals surface area contributed by atoms with Crippen LogP contribution in [0.2, 0.25) is 0 Å². The third-order valence-electron chi connectivity index (χ3n) is 7.45. The molecule has 1 atom stereocenters. The fraction of sp³-hybridized carbons (Fsp3) is 0.394. The highest BCUT2D eigenvalue weighted by atomic mass is 32.2. The lowest BCUT2D eigenvalue weighted by Gasteiger charge is -2.35. The lowest BCUT2D eigenvalue weighted by Crippen LogP contribution is -2.46. The Bertz CT molecular complexity index is 1800. The maximum atomic E-state index is 14.4. The summed E-state index contributed by atoms with van der Waals surface area (Å²) < 4.78 is 37.9. The Balaban J connectivity index is 1.72. The fourth-order valence-corrected chi connectivity index (χ4v) is 6.41. The van der Waals surface area contributed by atoms with Gasteiger partial charge in [-0.3, -0.25) is 14.4 Å². The molecule has 5 rings (SSSR count). The average molecular weight is 617 g/mol. The van der Waals surface area contributed by atoms with Gasteiger partial charge in [0.1, 0.15) is 6.61 Å². The molecular weight excluding hydrogens is 576 g/mol. The SMILES string of the molecule is Cc1cccc(C)c1-c1cc2nc(n1)NS(=O)(=O)c1cccc(c1)C(=O)N(c1cnn(C(C)(C)C)c1)[C@H](CC(C)(C)C)CO2. The molecule has 1 amide bonds. The maximum Gasteiger partial charge on any atom is 0.264 e. The van der Waals surface area contributed by atoms with E-state index in [4.69, 9.17) is 4.74 Å². The highest BCUT2D eigenvalue weighted by Gasteiger charge is 2.33. The zero-order valence-corrected chi connectivity index (χ0v) is 27.4. The van der Waals surface area contributed by atoms with E-state index in [-0.39, 0.29) is 45.8 Å². The highest BCUT2D eigenvalue weighted by molar-refractivity contribution is 7.92. The number of carbonyl (C=O) groups is 1. The summed E-state index contributed by atoms with van der Waals surface area (Å²) in [4.78, 5) is 25.0. The van der Waals surface area contributed by atoms with Crippen molar-refractivity contribution >= 4 is 27.6 Å². The van der Waals surface area contributed by atoms with Crippen molar-refractivity contribution in [2.45, 2.75) is 78.3 Å². The molecule has 4 bridgehead atoms. The van der Waals surface area contributed by atoms with Crippen molar-refractivity contribution in [2.24, 2.45) is 5.41 Å². The Kier molecular flexibility index (Phi) is 8.04. The number of hydrogen-bond donors (Lipinski definition) is 1. The van der Waals surface area contributed by atoms with E-state index in [1.165, 1.54) is 12.1 Å². The van der Waals surface area contributed by atoms with Crippen LogP contribution in [0.1, 0.15) is 69.4 Å². The van der Waals surface area contributed by atoms with Crippen LogP contribution < -0.4 is 14.4 Å². The van der Waals surface area contributed by atoms with Gasteiger partial charge >= 0.3 is 0 Å². The Labute approximate surface area is 259 Å². The molecule has 10 nitrogen and oxygen atoms in total. The highest BCUT2D eigenvalue weighted by Crippen LogP contribution is 2.33. The van der Waals surface area contributed by atoms with E-state index >= 15 is 0 Å². The van der Waals surface area contributed by atoms with Crippen LogP contribution in [0.5, 0.6) is 5.88 Å². The van der Waals surface area contributed by atoms with Crippen LogP contribution >= 0.6 is 0 Å². The molecular formula is C33H40N6O4S. The van der Waals surface area contributed by atoms with Gasteiger partial charge in [0.15, 0.2) is 0 Å². The first-order valence-corrected chi connectivity index (χ1v) is 16.1. The molecule has 44 heavy (non-hydrogen) atoms. The van der Waals surface area contributed by atoms with E-state index in [9.17, 15) is 13.2 Å². The van der Waals surface area contributed by atoms with Gasteiger partial charge < -0.3 is 4.74 Å². The minimum absolute atomic E-state index is 0.0798. The van der Waals surface area contributed by atoms with Gasteiger partial charge in [-0.2, -0.15) is 10.1 Å². The van der Waals surface area contributed by atoms with Crippen molar-refractivity contribution in [1.82, 2.24) is 19.7 Å². The van der Waals surface area contributed by atoms with Gasteiger partial charge in [0, 0.05) is 23.4 Å². The first-order chi connectivity index (χ1) is 20.5. The Morgan fingerprint density at radius 1 is 0.977 bits per heavy atom. The molecule has 0 fully saturated rings. The molecule has 0 spiro atoms. The van der Waals surface area contributed by atoms with Crippen LogP contribution in [-0.2, 0) is 15.6 Å². The van der Waals surface area contributed by atoms with Crippen molar-refractivity contribution in [2.75, 3.05) is 16.2 Å².